The Morgan fingerprint density at radius 3 is 2.85 bits per heavy atom. The molecule has 1 aliphatic rings. The number of hydrogen-bond donors (Lipinski definition) is 1. The van der Waals surface area contributed by atoms with Crippen LogP contribution in [-0.2, 0) is 11.2 Å². The molecule has 0 saturated carbocycles. The van der Waals surface area contributed by atoms with Crippen LogP contribution in [0.25, 0.3) is 5.69 Å². The van der Waals surface area contributed by atoms with Crippen LogP contribution in [-0.4, -0.2) is 35.3 Å². The maximum absolute atomic E-state index is 13.4. The second-order valence-corrected chi connectivity index (χ2v) is 6.56. The monoisotopic (exact) mass is 365 g/mol. The molecule has 0 aliphatic carbocycles. The Balaban J connectivity index is 1.43. The van der Waals surface area contributed by atoms with Crippen molar-refractivity contribution >= 4 is 5.78 Å². The lowest BCUT2D eigenvalue weighted by atomic mass is 10.0. The first-order chi connectivity index (χ1) is 13.2. The van der Waals surface area contributed by atoms with Gasteiger partial charge in [-0.3, -0.25) is 4.79 Å². The maximum atomic E-state index is 13.4. The third kappa shape index (κ3) is 4.13. The second-order valence-electron chi connectivity index (χ2n) is 6.56. The molecule has 27 heavy (non-hydrogen) atoms. The van der Waals surface area contributed by atoms with Gasteiger partial charge in [-0.15, -0.1) is 0 Å². The van der Waals surface area contributed by atoms with Crippen LogP contribution in [0.4, 0.5) is 4.39 Å². The Hall–Kier alpha value is -2.83. The first kappa shape index (κ1) is 17.6. The number of ether oxygens (including phenoxy) is 1. The van der Waals surface area contributed by atoms with E-state index in [9.17, 15) is 9.18 Å². The molecule has 138 valence electrons. The number of ketones is 1. The lowest BCUT2D eigenvalue weighted by molar-refractivity contribution is 0.0277. The predicted molar refractivity (Wildman–Crippen MR) is 99.6 cm³/mol. The lowest BCUT2D eigenvalue weighted by Crippen LogP contribution is -2.33. The number of nitrogens with zero attached hydrogens (tertiary/aromatic N) is 2. The third-order valence-corrected chi connectivity index (χ3v) is 4.62. The van der Waals surface area contributed by atoms with Gasteiger partial charge in [0.2, 0.25) is 0 Å². The van der Waals surface area contributed by atoms with Crippen LogP contribution in [0.3, 0.4) is 0 Å². The van der Waals surface area contributed by atoms with Gasteiger partial charge in [0.1, 0.15) is 5.82 Å². The van der Waals surface area contributed by atoms with E-state index >= 15 is 0 Å². The van der Waals surface area contributed by atoms with Crippen LogP contribution < -0.4 is 5.32 Å². The molecule has 2 aromatic carbocycles. The maximum Gasteiger partial charge on any atom is 0.170 e. The van der Waals surface area contributed by atoms with E-state index in [0.717, 1.165) is 24.2 Å². The number of nitrogens with one attached hydrogen (secondary N) is 1. The van der Waals surface area contributed by atoms with E-state index in [1.165, 1.54) is 23.0 Å². The number of morpholine rings is 1. The molecule has 3 aromatic rings. The summed E-state index contributed by atoms with van der Waals surface area (Å²) in [5.74, 6) is -0.367. The van der Waals surface area contributed by atoms with Crippen molar-refractivity contribution < 1.29 is 13.9 Å². The smallest absolute Gasteiger partial charge is 0.170 e. The number of Topliss-reactive ketones (excluding diaryl/α,β-unsaturated/α-hetero) is 1. The van der Waals surface area contributed by atoms with Crippen molar-refractivity contribution in [1.82, 2.24) is 15.1 Å². The van der Waals surface area contributed by atoms with Crippen molar-refractivity contribution in [2.75, 3.05) is 19.7 Å². The highest BCUT2D eigenvalue weighted by molar-refractivity contribution is 5.97. The fraction of sp³-hybridized carbons (Fsp3) is 0.238. The largest absolute Gasteiger partial charge is 0.371 e. The van der Waals surface area contributed by atoms with E-state index in [1.807, 2.05) is 24.3 Å². The minimum absolute atomic E-state index is 0.0269. The molecule has 0 bridgehead atoms. The molecule has 1 N–H and O–H groups in total. The summed E-state index contributed by atoms with van der Waals surface area (Å²) in [5.41, 5.74) is 3.13. The van der Waals surface area contributed by atoms with Crippen molar-refractivity contribution in [3.05, 3.63) is 83.4 Å². The predicted octanol–water partition coefficient (Wildman–Crippen LogP) is 3.10. The number of hydrogen-bond acceptors (Lipinski definition) is 4. The zero-order chi connectivity index (χ0) is 18.6. The van der Waals surface area contributed by atoms with Crippen LogP contribution in [0.5, 0.6) is 0 Å². The molecule has 1 atom stereocenters. The van der Waals surface area contributed by atoms with Crippen LogP contribution in [0, 0.1) is 5.82 Å². The first-order valence-electron chi connectivity index (χ1n) is 8.94. The zero-order valence-corrected chi connectivity index (χ0v) is 14.8. The molecule has 0 amide bonds. The van der Waals surface area contributed by atoms with E-state index in [0.29, 0.717) is 24.3 Å². The van der Waals surface area contributed by atoms with Gasteiger partial charge in [0.25, 0.3) is 0 Å². The first-order valence-corrected chi connectivity index (χ1v) is 8.94. The normalized spacial score (nSPS) is 17.0. The average Bonchev–Trinajstić information content (AvgIpc) is 3.20. The average molecular weight is 365 g/mol. The molecule has 1 fully saturated rings. The summed E-state index contributed by atoms with van der Waals surface area (Å²) in [6, 6.07) is 14.0. The van der Waals surface area contributed by atoms with Crippen LogP contribution in [0.1, 0.15) is 27.6 Å². The molecular weight excluding hydrogens is 345 g/mol. The van der Waals surface area contributed by atoms with Crippen molar-refractivity contribution in [2.24, 2.45) is 0 Å². The Kier molecular flexibility index (Phi) is 5.09. The van der Waals surface area contributed by atoms with Gasteiger partial charge in [0.05, 0.1) is 30.2 Å². The summed E-state index contributed by atoms with van der Waals surface area (Å²) in [6.07, 6.45) is 3.50. The van der Waals surface area contributed by atoms with Crippen molar-refractivity contribution in [2.45, 2.75) is 12.5 Å². The summed E-state index contributed by atoms with van der Waals surface area (Å²) in [4.78, 5) is 12.6. The number of benzene rings is 2. The SMILES string of the molecule is O=C(Cc1ccc([C@H]2CNCCO2)cc1)c1cnn(-c2cccc(F)c2)c1. The van der Waals surface area contributed by atoms with Crippen LogP contribution in [0.15, 0.2) is 60.9 Å². The van der Waals surface area contributed by atoms with Gasteiger partial charge in [-0.05, 0) is 29.3 Å². The standard InChI is InChI=1S/C21H20FN3O2/c22-18-2-1-3-19(11-18)25-14-17(12-24-25)20(26)10-15-4-6-16(7-5-15)21-13-23-8-9-27-21/h1-7,11-12,14,21,23H,8-10,13H2/t21-/m1/s1. The van der Waals surface area contributed by atoms with E-state index in [1.54, 1.807) is 18.3 Å². The number of aromatic nitrogens is 2. The minimum atomic E-state index is -0.340. The van der Waals surface area contributed by atoms with Gasteiger partial charge in [-0.25, -0.2) is 9.07 Å². The highest BCUT2D eigenvalue weighted by Crippen LogP contribution is 2.20. The third-order valence-electron chi connectivity index (χ3n) is 4.62. The molecular formula is C21H20FN3O2. The molecule has 1 aromatic heterocycles. The Labute approximate surface area is 156 Å². The van der Waals surface area contributed by atoms with E-state index < -0.39 is 0 Å². The number of halogens is 1. The molecule has 0 radical (unpaired) electrons. The van der Waals surface area contributed by atoms with Gasteiger partial charge in [0.15, 0.2) is 5.78 Å². The van der Waals surface area contributed by atoms with Gasteiger partial charge in [-0.2, -0.15) is 5.10 Å². The summed E-state index contributed by atoms with van der Waals surface area (Å²) < 4.78 is 20.6. The fourth-order valence-corrected chi connectivity index (χ4v) is 3.14. The van der Waals surface area contributed by atoms with Crippen molar-refractivity contribution in [3.63, 3.8) is 0 Å². The Bertz CT molecular complexity index is 931. The summed E-state index contributed by atoms with van der Waals surface area (Å²) in [6.45, 7) is 2.39. The highest BCUT2D eigenvalue weighted by Gasteiger charge is 2.16. The molecule has 6 heteroatoms. The molecule has 1 aliphatic heterocycles. The zero-order valence-electron chi connectivity index (χ0n) is 14.8. The quantitative estimate of drug-likeness (QED) is 0.706. The molecule has 5 nitrogen and oxygen atoms in total. The molecule has 1 saturated heterocycles. The van der Waals surface area contributed by atoms with Gasteiger partial charge in [-0.1, -0.05) is 30.3 Å². The van der Waals surface area contributed by atoms with Crippen LogP contribution >= 0.6 is 0 Å². The Morgan fingerprint density at radius 1 is 1.26 bits per heavy atom. The van der Waals surface area contributed by atoms with Crippen LogP contribution in [0.2, 0.25) is 0 Å². The molecule has 2 heterocycles. The summed E-state index contributed by atoms with van der Waals surface area (Å²) in [7, 11) is 0. The molecule has 4 rings (SSSR count). The number of rotatable bonds is 5. The van der Waals surface area contributed by atoms with Crippen molar-refractivity contribution in [3.8, 4) is 5.69 Å². The van der Waals surface area contributed by atoms with Crippen molar-refractivity contribution in [1.29, 1.82) is 0 Å². The van der Waals surface area contributed by atoms with Gasteiger partial charge >= 0.3 is 0 Å². The highest BCUT2D eigenvalue weighted by atomic mass is 19.1. The summed E-state index contributed by atoms with van der Waals surface area (Å²) in [5, 5.41) is 7.48. The van der Waals surface area contributed by atoms with Gasteiger partial charge in [0, 0.05) is 25.7 Å². The molecule has 0 spiro atoms. The van der Waals surface area contributed by atoms with E-state index in [-0.39, 0.29) is 17.7 Å². The fourth-order valence-electron chi connectivity index (χ4n) is 3.14. The number of carbonyl (C=O) groups excluding carboxylic acids is 1. The topological polar surface area (TPSA) is 56.1 Å². The second kappa shape index (κ2) is 7.82. The van der Waals surface area contributed by atoms with E-state index in [4.69, 9.17) is 4.74 Å². The molecule has 0 unspecified atom stereocenters. The van der Waals surface area contributed by atoms with Gasteiger partial charge < -0.3 is 10.1 Å². The summed E-state index contributed by atoms with van der Waals surface area (Å²) >= 11 is 0. The van der Waals surface area contributed by atoms with E-state index in [2.05, 4.69) is 10.4 Å². The Morgan fingerprint density at radius 2 is 2.11 bits per heavy atom. The minimum Gasteiger partial charge on any atom is -0.371 e. The number of carbonyl (C=O) groups is 1. The lowest BCUT2D eigenvalue weighted by Gasteiger charge is -2.24.